The van der Waals surface area contributed by atoms with Crippen molar-refractivity contribution in [1.29, 1.82) is 0 Å². The van der Waals surface area contributed by atoms with E-state index in [0.717, 1.165) is 38.5 Å². The van der Waals surface area contributed by atoms with Gasteiger partial charge in [-0.2, -0.15) is 0 Å². The Bertz CT molecular complexity index is 214. The van der Waals surface area contributed by atoms with Crippen LogP contribution in [0.2, 0.25) is 0 Å². The monoisotopic (exact) mass is 196 g/mol. The van der Waals surface area contributed by atoms with E-state index in [2.05, 4.69) is 21.7 Å². The van der Waals surface area contributed by atoms with E-state index >= 15 is 0 Å². The molecule has 1 aliphatic heterocycles. The summed E-state index contributed by atoms with van der Waals surface area (Å²) in [5, 5.41) is 0. The number of rotatable bonds is 3. The average molecular weight is 196 g/mol. The van der Waals surface area contributed by atoms with Crippen LogP contribution in [0.3, 0.4) is 0 Å². The summed E-state index contributed by atoms with van der Waals surface area (Å²) in [6.45, 7) is 9.66. The zero-order chi connectivity index (χ0) is 10.4. The van der Waals surface area contributed by atoms with Gasteiger partial charge in [-0.15, -0.1) is 0 Å². The van der Waals surface area contributed by atoms with Gasteiger partial charge in [0.15, 0.2) is 0 Å². The highest BCUT2D eigenvalue weighted by Gasteiger charge is 2.16. The Morgan fingerprint density at radius 3 is 2.43 bits per heavy atom. The Balaban J connectivity index is 2.48. The van der Waals surface area contributed by atoms with E-state index < -0.39 is 0 Å². The van der Waals surface area contributed by atoms with Crippen molar-refractivity contribution in [2.45, 2.75) is 13.8 Å². The molecule has 80 valence electrons. The molecule has 0 aromatic rings. The number of nitrogens with two attached hydrogens (primary N) is 1. The lowest BCUT2D eigenvalue weighted by Crippen LogP contribution is -2.45. The smallest absolute Gasteiger partial charge is 0.126 e. The predicted octanol–water partition coefficient (Wildman–Crippen LogP) is 0.472. The molecule has 0 aliphatic carbocycles. The van der Waals surface area contributed by atoms with Crippen LogP contribution in [-0.2, 0) is 0 Å². The fourth-order valence-electron chi connectivity index (χ4n) is 1.71. The summed E-state index contributed by atoms with van der Waals surface area (Å²) in [5.74, 6) is 0.989. The van der Waals surface area contributed by atoms with Crippen LogP contribution in [0, 0.1) is 0 Å². The van der Waals surface area contributed by atoms with Crippen LogP contribution in [0.15, 0.2) is 16.9 Å². The lowest BCUT2D eigenvalue weighted by atomic mass is 10.3. The zero-order valence-electron chi connectivity index (χ0n) is 9.11. The van der Waals surface area contributed by atoms with E-state index in [9.17, 15) is 0 Å². The highest BCUT2D eigenvalue weighted by Crippen LogP contribution is 2.09. The van der Waals surface area contributed by atoms with Gasteiger partial charge in [0, 0.05) is 26.2 Å². The van der Waals surface area contributed by atoms with Gasteiger partial charge < -0.3 is 15.5 Å². The van der Waals surface area contributed by atoms with Gasteiger partial charge >= 0.3 is 0 Å². The van der Waals surface area contributed by atoms with Gasteiger partial charge in [0.25, 0.3) is 0 Å². The lowest BCUT2D eigenvalue weighted by molar-refractivity contribution is 0.164. The van der Waals surface area contributed by atoms with Gasteiger partial charge in [-0.05, 0) is 19.5 Å². The second-order valence-corrected chi connectivity index (χ2v) is 3.35. The van der Waals surface area contributed by atoms with Crippen molar-refractivity contribution in [3.05, 3.63) is 11.9 Å². The summed E-state index contributed by atoms with van der Waals surface area (Å²) in [4.78, 5) is 8.85. The summed E-state index contributed by atoms with van der Waals surface area (Å²) in [5.41, 5.74) is 5.30. The minimum absolute atomic E-state index is 0.989. The zero-order valence-corrected chi connectivity index (χ0v) is 9.11. The van der Waals surface area contributed by atoms with Crippen LogP contribution in [0.4, 0.5) is 0 Å². The van der Waals surface area contributed by atoms with Crippen LogP contribution in [0.25, 0.3) is 0 Å². The van der Waals surface area contributed by atoms with Crippen molar-refractivity contribution in [3.8, 4) is 0 Å². The molecule has 1 aliphatic rings. The van der Waals surface area contributed by atoms with Crippen LogP contribution < -0.4 is 5.73 Å². The molecule has 0 radical (unpaired) electrons. The molecule has 4 heteroatoms. The molecule has 0 bridgehead atoms. The fraction of sp³-hybridized carbons (Fsp3) is 0.700. The first-order valence-corrected chi connectivity index (χ1v) is 5.19. The minimum Gasteiger partial charge on any atom is -0.390 e. The Hall–Kier alpha value is -1.03. The van der Waals surface area contributed by atoms with E-state index in [1.165, 1.54) is 6.34 Å². The van der Waals surface area contributed by atoms with Crippen molar-refractivity contribution in [1.82, 2.24) is 9.80 Å². The SMILES string of the molecule is C/C=C(\N=C/N)N1CCN(CC)CC1. The molecular weight excluding hydrogens is 176 g/mol. The number of nitrogens with zero attached hydrogens (tertiary/aromatic N) is 3. The fourth-order valence-corrected chi connectivity index (χ4v) is 1.71. The molecule has 4 nitrogen and oxygen atoms in total. The Morgan fingerprint density at radius 1 is 1.36 bits per heavy atom. The van der Waals surface area contributed by atoms with Gasteiger partial charge in [0.1, 0.15) is 5.82 Å². The van der Waals surface area contributed by atoms with E-state index in [1.54, 1.807) is 0 Å². The summed E-state index contributed by atoms with van der Waals surface area (Å²) >= 11 is 0. The minimum atomic E-state index is 0.989. The third-order valence-electron chi connectivity index (χ3n) is 2.61. The number of likely N-dealkylation sites (N-methyl/N-ethyl adjacent to an activating group) is 1. The van der Waals surface area contributed by atoms with Gasteiger partial charge in [0.05, 0.1) is 6.34 Å². The van der Waals surface area contributed by atoms with Crippen molar-refractivity contribution in [2.75, 3.05) is 32.7 Å². The number of hydrogen-bond donors (Lipinski definition) is 1. The molecule has 1 fully saturated rings. The second-order valence-electron chi connectivity index (χ2n) is 3.35. The molecule has 0 atom stereocenters. The number of piperazine rings is 1. The molecule has 14 heavy (non-hydrogen) atoms. The van der Waals surface area contributed by atoms with Crippen LogP contribution in [0.5, 0.6) is 0 Å². The Labute approximate surface area is 86.1 Å². The van der Waals surface area contributed by atoms with Crippen molar-refractivity contribution in [3.63, 3.8) is 0 Å². The molecule has 0 amide bonds. The standard InChI is InChI=1S/C10H20N4/c1-3-10(12-9-11)14-7-5-13(4-2)6-8-14/h3,9H,4-8H2,1-2H3,(H2,11,12)/b10-3+. The maximum Gasteiger partial charge on any atom is 0.126 e. The normalized spacial score (nSPS) is 20.7. The van der Waals surface area contributed by atoms with Crippen LogP contribution >= 0.6 is 0 Å². The molecule has 0 aromatic carbocycles. The Kier molecular flexibility index (Phi) is 4.46. The van der Waals surface area contributed by atoms with Gasteiger partial charge in [-0.3, -0.25) is 0 Å². The predicted molar refractivity (Wildman–Crippen MR) is 60.1 cm³/mol. The first-order chi connectivity index (χ1) is 6.81. The third kappa shape index (κ3) is 2.73. The highest BCUT2D eigenvalue weighted by atomic mass is 15.3. The van der Waals surface area contributed by atoms with Crippen LogP contribution in [0.1, 0.15) is 13.8 Å². The van der Waals surface area contributed by atoms with E-state index in [-0.39, 0.29) is 0 Å². The summed E-state index contributed by atoms with van der Waals surface area (Å²) in [6, 6.07) is 0. The summed E-state index contributed by atoms with van der Waals surface area (Å²) in [7, 11) is 0. The van der Waals surface area contributed by atoms with E-state index in [1.807, 2.05) is 13.0 Å². The molecule has 0 spiro atoms. The Morgan fingerprint density at radius 2 is 2.00 bits per heavy atom. The largest absolute Gasteiger partial charge is 0.390 e. The van der Waals surface area contributed by atoms with Crippen LogP contribution in [-0.4, -0.2) is 48.9 Å². The topological polar surface area (TPSA) is 44.9 Å². The molecule has 0 aromatic heterocycles. The molecule has 1 saturated heterocycles. The number of aliphatic imine (C=N–C) groups is 1. The van der Waals surface area contributed by atoms with Crippen molar-refractivity contribution < 1.29 is 0 Å². The average Bonchev–Trinajstić information content (AvgIpc) is 2.26. The lowest BCUT2D eigenvalue weighted by Gasteiger charge is -2.35. The highest BCUT2D eigenvalue weighted by molar-refractivity contribution is 5.53. The first kappa shape index (κ1) is 11.0. The molecule has 0 saturated carbocycles. The van der Waals surface area contributed by atoms with E-state index in [4.69, 9.17) is 5.73 Å². The van der Waals surface area contributed by atoms with Crippen molar-refractivity contribution >= 4 is 6.34 Å². The maximum absolute atomic E-state index is 5.30. The number of hydrogen-bond acceptors (Lipinski definition) is 3. The quantitative estimate of drug-likeness (QED) is 0.527. The van der Waals surface area contributed by atoms with Gasteiger partial charge in [-0.25, -0.2) is 4.99 Å². The summed E-state index contributed by atoms with van der Waals surface area (Å²) < 4.78 is 0. The number of allylic oxidation sites excluding steroid dienone is 1. The first-order valence-electron chi connectivity index (χ1n) is 5.19. The summed E-state index contributed by atoms with van der Waals surface area (Å²) in [6.07, 6.45) is 3.37. The molecule has 2 N–H and O–H groups in total. The third-order valence-corrected chi connectivity index (χ3v) is 2.61. The van der Waals surface area contributed by atoms with Gasteiger partial charge in [0.2, 0.25) is 0 Å². The van der Waals surface area contributed by atoms with Gasteiger partial charge in [-0.1, -0.05) is 6.92 Å². The maximum atomic E-state index is 5.30. The molecular formula is C10H20N4. The second kappa shape index (κ2) is 5.65. The van der Waals surface area contributed by atoms with E-state index in [0.29, 0.717) is 0 Å². The molecule has 1 rings (SSSR count). The van der Waals surface area contributed by atoms with Crippen molar-refractivity contribution in [2.24, 2.45) is 10.7 Å². The molecule has 0 unspecified atom stereocenters. The molecule has 1 heterocycles.